The lowest BCUT2D eigenvalue weighted by Crippen LogP contribution is -2.36. The summed E-state index contributed by atoms with van der Waals surface area (Å²) in [5.74, 6) is 0.0286. The standard InChI is InChI=1S/C10H14O4S/c1-3-13-10(12)9-8(14-7(2)11)5-4-6-15-9/h4-5,8-9H,3,6H2,1-2H3. The fourth-order valence-corrected chi connectivity index (χ4v) is 2.23. The molecular formula is C10H14O4S. The second-order valence-electron chi connectivity index (χ2n) is 3.01. The molecule has 0 aromatic heterocycles. The number of esters is 2. The normalized spacial score (nSPS) is 24.7. The first-order chi connectivity index (χ1) is 7.15. The van der Waals surface area contributed by atoms with Crippen molar-refractivity contribution in [1.82, 2.24) is 0 Å². The average molecular weight is 230 g/mol. The third kappa shape index (κ3) is 3.58. The predicted molar refractivity (Wildman–Crippen MR) is 57.6 cm³/mol. The third-order valence-electron chi connectivity index (χ3n) is 1.82. The van der Waals surface area contributed by atoms with E-state index >= 15 is 0 Å². The molecule has 0 amide bonds. The molecule has 5 heteroatoms. The smallest absolute Gasteiger partial charge is 0.323 e. The first-order valence-corrected chi connectivity index (χ1v) is 5.82. The van der Waals surface area contributed by atoms with Gasteiger partial charge in [-0.1, -0.05) is 6.08 Å². The largest absolute Gasteiger partial charge is 0.465 e. The minimum Gasteiger partial charge on any atom is -0.465 e. The highest BCUT2D eigenvalue weighted by molar-refractivity contribution is 8.00. The van der Waals surface area contributed by atoms with Crippen molar-refractivity contribution in [3.8, 4) is 0 Å². The van der Waals surface area contributed by atoms with Gasteiger partial charge in [-0.05, 0) is 13.0 Å². The van der Waals surface area contributed by atoms with Crippen molar-refractivity contribution < 1.29 is 19.1 Å². The van der Waals surface area contributed by atoms with Crippen LogP contribution in [0.25, 0.3) is 0 Å². The highest BCUT2D eigenvalue weighted by atomic mass is 32.2. The second kappa shape index (κ2) is 5.80. The van der Waals surface area contributed by atoms with Crippen LogP contribution in [0.4, 0.5) is 0 Å². The summed E-state index contributed by atoms with van der Waals surface area (Å²) < 4.78 is 9.93. The van der Waals surface area contributed by atoms with E-state index in [-0.39, 0.29) is 11.9 Å². The molecule has 0 bridgehead atoms. The van der Waals surface area contributed by atoms with Crippen molar-refractivity contribution in [2.45, 2.75) is 25.2 Å². The molecule has 0 aliphatic carbocycles. The fourth-order valence-electron chi connectivity index (χ4n) is 1.26. The lowest BCUT2D eigenvalue weighted by atomic mass is 10.2. The van der Waals surface area contributed by atoms with Crippen LogP contribution in [0.1, 0.15) is 13.8 Å². The number of carbonyl (C=O) groups is 2. The van der Waals surface area contributed by atoms with E-state index in [1.807, 2.05) is 6.08 Å². The Morgan fingerprint density at radius 2 is 2.27 bits per heavy atom. The molecule has 0 saturated heterocycles. The summed E-state index contributed by atoms with van der Waals surface area (Å²) in [4.78, 5) is 22.3. The van der Waals surface area contributed by atoms with Crippen molar-refractivity contribution in [3.05, 3.63) is 12.2 Å². The van der Waals surface area contributed by atoms with Gasteiger partial charge >= 0.3 is 11.9 Å². The SMILES string of the molecule is CCOC(=O)C1SCC=CC1OC(C)=O. The molecule has 0 radical (unpaired) electrons. The van der Waals surface area contributed by atoms with Crippen LogP contribution in [0.2, 0.25) is 0 Å². The van der Waals surface area contributed by atoms with Crippen LogP contribution >= 0.6 is 11.8 Å². The van der Waals surface area contributed by atoms with Gasteiger partial charge < -0.3 is 9.47 Å². The molecule has 15 heavy (non-hydrogen) atoms. The van der Waals surface area contributed by atoms with Gasteiger partial charge in [-0.2, -0.15) is 0 Å². The Kier molecular flexibility index (Phi) is 4.68. The maximum Gasteiger partial charge on any atom is 0.323 e. The average Bonchev–Trinajstić information content (AvgIpc) is 2.18. The Morgan fingerprint density at radius 1 is 1.53 bits per heavy atom. The summed E-state index contributed by atoms with van der Waals surface area (Å²) in [6.07, 6.45) is 3.12. The number of thioether (sulfide) groups is 1. The number of hydrogen-bond donors (Lipinski definition) is 0. The lowest BCUT2D eigenvalue weighted by molar-refractivity contribution is -0.150. The van der Waals surface area contributed by atoms with Crippen molar-refractivity contribution in [2.24, 2.45) is 0 Å². The highest BCUT2D eigenvalue weighted by Gasteiger charge is 2.32. The molecule has 84 valence electrons. The maximum absolute atomic E-state index is 11.5. The molecule has 0 saturated carbocycles. The van der Waals surface area contributed by atoms with Crippen molar-refractivity contribution >= 4 is 23.7 Å². The zero-order valence-electron chi connectivity index (χ0n) is 8.76. The maximum atomic E-state index is 11.5. The zero-order valence-corrected chi connectivity index (χ0v) is 9.58. The van der Waals surface area contributed by atoms with Crippen LogP contribution in [0.5, 0.6) is 0 Å². The van der Waals surface area contributed by atoms with Gasteiger partial charge in [-0.25, -0.2) is 0 Å². The molecule has 4 nitrogen and oxygen atoms in total. The minimum absolute atomic E-state index is 0.321. The van der Waals surface area contributed by atoms with E-state index in [1.165, 1.54) is 18.7 Å². The van der Waals surface area contributed by atoms with E-state index < -0.39 is 11.4 Å². The van der Waals surface area contributed by atoms with Crippen LogP contribution in [-0.4, -0.2) is 35.7 Å². The summed E-state index contributed by atoms with van der Waals surface area (Å²) in [6, 6.07) is 0. The monoisotopic (exact) mass is 230 g/mol. The molecule has 0 N–H and O–H groups in total. The zero-order chi connectivity index (χ0) is 11.3. The summed E-state index contributed by atoms with van der Waals surface area (Å²) in [5, 5.41) is -0.432. The molecule has 1 rings (SSSR count). The van der Waals surface area contributed by atoms with Crippen molar-refractivity contribution in [3.63, 3.8) is 0 Å². The van der Waals surface area contributed by atoms with E-state index in [0.717, 1.165) is 5.75 Å². The summed E-state index contributed by atoms with van der Waals surface area (Å²) in [6.45, 7) is 3.42. The Labute approximate surface area is 93.0 Å². The molecule has 0 spiro atoms. The van der Waals surface area contributed by atoms with E-state index in [4.69, 9.17) is 9.47 Å². The van der Waals surface area contributed by atoms with E-state index in [9.17, 15) is 9.59 Å². The molecule has 0 aromatic carbocycles. The van der Waals surface area contributed by atoms with Gasteiger partial charge in [0.25, 0.3) is 0 Å². The van der Waals surface area contributed by atoms with E-state index in [0.29, 0.717) is 6.61 Å². The molecule has 2 unspecified atom stereocenters. The first-order valence-electron chi connectivity index (χ1n) is 4.77. The number of rotatable bonds is 3. The van der Waals surface area contributed by atoms with Crippen molar-refractivity contribution in [1.29, 1.82) is 0 Å². The molecule has 2 atom stereocenters. The van der Waals surface area contributed by atoms with Gasteiger partial charge in [-0.3, -0.25) is 9.59 Å². The van der Waals surface area contributed by atoms with Gasteiger partial charge in [0.2, 0.25) is 0 Å². The van der Waals surface area contributed by atoms with Gasteiger partial charge in [0.05, 0.1) is 6.61 Å². The Balaban J connectivity index is 2.63. The molecule has 0 fully saturated rings. The van der Waals surface area contributed by atoms with Crippen LogP contribution in [-0.2, 0) is 19.1 Å². The molecule has 1 aliphatic heterocycles. The number of carbonyl (C=O) groups excluding carboxylic acids is 2. The second-order valence-corrected chi connectivity index (χ2v) is 4.18. The van der Waals surface area contributed by atoms with Gasteiger partial charge in [-0.15, -0.1) is 11.8 Å². The first kappa shape index (κ1) is 12.1. The minimum atomic E-state index is -0.500. The topological polar surface area (TPSA) is 52.6 Å². The molecule has 0 aromatic rings. The Bertz CT molecular complexity index is 275. The summed E-state index contributed by atoms with van der Waals surface area (Å²) >= 11 is 1.42. The lowest BCUT2D eigenvalue weighted by Gasteiger charge is -2.24. The van der Waals surface area contributed by atoms with Crippen LogP contribution in [0, 0.1) is 0 Å². The summed E-state index contributed by atoms with van der Waals surface area (Å²) in [5.41, 5.74) is 0. The Morgan fingerprint density at radius 3 is 2.87 bits per heavy atom. The van der Waals surface area contributed by atoms with E-state index in [1.54, 1.807) is 13.0 Å². The molecular weight excluding hydrogens is 216 g/mol. The molecule has 1 heterocycles. The van der Waals surface area contributed by atoms with Gasteiger partial charge in [0.15, 0.2) is 0 Å². The van der Waals surface area contributed by atoms with Gasteiger partial charge in [0, 0.05) is 12.7 Å². The highest BCUT2D eigenvalue weighted by Crippen LogP contribution is 2.24. The van der Waals surface area contributed by atoms with Crippen LogP contribution in [0.3, 0.4) is 0 Å². The van der Waals surface area contributed by atoms with Crippen LogP contribution < -0.4 is 0 Å². The summed E-state index contributed by atoms with van der Waals surface area (Å²) in [7, 11) is 0. The van der Waals surface area contributed by atoms with E-state index in [2.05, 4.69) is 0 Å². The fraction of sp³-hybridized carbons (Fsp3) is 0.600. The molecule has 1 aliphatic rings. The predicted octanol–water partition coefficient (Wildman–Crippen LogP) is 1.15. The number of hydrogen-bond acceptors (Lipinski definition) is 5. The third-order valence-corrected chi connectivity index (χ3v) is 3.02. The van der Waals surface area contributed by atoms with Crippen molar-refractivity contribution in [2.75, 3.05) is 12.4 Å². The van der Waals surface area contributed by atoms with Crippen LogP contribution in [0.15, 0.2) is 12.2 Å². The Hall–Kier alpha value is -0.970. The number of ether oxygens (including phenoxy) is 2. The van der Waals surface area contributed by atoms with Gasteiger partial charge in [0.1, 0.15) is 11.4 Å². The quantitative estimate of drug-likeness (QED) is 0.538.